The van der Waals surface area contributed by atoms with E-state index in [1.54, 1.807) is 4.90 Å². The van der Waals surface area contributed by atoms with Crippen LogP contribution in [0.25, 0.3) is 0 Å². The van der Waals surface area contributed by atoms with Gasteiger partial charge in [-0.15, -0.1) is 0 Å². The standard InChI is InChI=1S/C14H29N3O2S/c1-14(2,3)7-11-20(16,19)10-6-12(15)13(18)17-8-4-5-9-17/h12,16H,4-11,15H2,1-3H3/t12-,20?/m0/s1. The molecule has 5 nitrogen and oxygen atoms in total. The number of likely N-dealkylation sites (tertiary alicyclic amines) is 1. The molecule has 2 atom stereocenters. The van der Waals surface area contributed by atoms with Gasteiger partial charge in [-0.25, -0.2) is 4.21 Å². The average Bonchev–Trinajstić information content (AvgIpc) is 2.86. The molecule has 1 rings (SSSR count). The molecule has 118 valence electrons. The third-order valence-electron chi connectivity index (χ3n) is 3.68. The zero-order valence-corrected chi connectivity index (χ0v) is 13.8. The molecule has 0 radical (unpaired) electrons. The van der Waals surface area contributed by atoms with Gasteiger partial charge in [-0.1, -0.05) is 20.8 Å². The molecule has 1 heterocycles. The van der Waals surface area contributed by atoms with Crippen LogP contribution in [0, 0.1) is 10.2 Å². The minimum absolute atomic E-state index is 0.0477. The van der Waals surface area contributed by atoms with Crippen LogP contribution in [-0.4, -0.2) is 45.7 Å². The van der Waals surface area contributed by atoms with Crippen molar-refractivity contribution in [2.45, 2.75) is 52.5 Å². The van der Waals surface area contributed by atoms with E-state index in [1.807, 2.05) is 0 Å². The Morgan fingerprint density at radius 3 is 2.35 bits per heavy atom. The first-order chi connectivity index (χ1) is 9.11. The minimum Gasteiger partial charge on any atom is -0.341 e. The van der Waals surface area contributed by atoms with Gasteiger partial charge in [-0.3, -0.25) is 9.57 Å². The molecule has 0 bridgehead atoms. The van der Waals surface area contributed by atoms with E-state index in [0.717, 1.165) is 32.4 Å². The molecule has 0 spiro atoms. The highest BCUT2D eigenvalue weighted by atomic mass is 32.2. The quantitative estimate of drug-likeness (QED) is 0.784. The van der Waals surface area contributed by atoms with Crippen LogP contribution in [0.4, 0.5) is 0 Å². The fourth-order valence-electron chi connectivity index (χ4n) is 2.19. The van der Waals surface area contributed by atoms with Gasteiger partial charge in [-0.2, -0.15) is 0 Å². The second-order valence-corrected chi connectivity index (χ2v) is 9.40. The third kappa shape index (κ3) is 6.22. The molecule has 1 amide bonds. The van der Waals surface area contributed by atoms with Crippen LogP contribution in [-0.2, 0) is 14.5 Å². The van der Waals surface area contributed by atoms with Crippen molar-refractivity contribution in [2.75, 3.05) is 24.6 Å². The summed E-state index contributed by atoms with van der Waals surface area (Å²) in [4.78, 5) is 13.8. The number of carbonyl (C=O) groups excluding carboxylic acids is 1. The van der Waals surface area contributed by atoms with Gasteiger partial charge in [0.15, 0.2) is 0 Å². The van der Waals surface area contributed by atoms with E-state index >= 15 is 0 Å². The number of amides is 1. The lowest BCUT2D eigenvalue weighted by Gasteiger charge is -2.21. The van der Waals surface area contributed by atoms with Crippen molar-refractivity contribution in [2.24, 2.45) is 11.1 Å². The van der Waals surface area contributed by atoms with E-state index in [1.165, 1.54) is 0 Å². The Balaban J connectivity index is 2.39. The van der Waals surface area contributed by atoms with Crippen molar-refractivity contribution in [3.8, 4) is 0 Å². The maximum Gasteiger partial charge on any atom is 0.239 e. The fraction of sp³-hybridized carbons (Fsp3) is 0.929. The lowest BCUT2D eigenvalue weighted by molar-refractivity contribution is -0.131. The summed E-state index contributed by atoms with van der Waals surface area (Å²) in [5.74, 6) is 0.568. The number of hydrogen-bond acceptors (Lipinski definition) is 4. The monoisotopic (exact) mass is 303 g/mol. The van der Waals surface area contributed by atoms with Crippen LogP contribution < -0.4 is 5.73 Å². The van der Waals surface area contributed by atoms with Crippen molar-refractivity contribution in [1.29, 1.82) is 4.78 Å². The summed E-state index contributed by atoms with van der Waals surface area (Å²) in [6.45, 7) is 7.79. The molecule has 0 aromatic carbocycles. The van der Waals surface area contributed by atoms with E-state index in [-0.39, 0.29) is 17.1 Å². The summed E-state index contributed by atoms with van der Waals surface area (Å²) in [5, 5.41) is 0. The second-order valence-electron chi connectivity index (χ2n) is 6.96. The zero-order chi connectivity index (χ0) is 15.4. The highest BCUT2D eigenvalue weighted by Gasteiger charge is 2.24. The Morgan fingerprint density at radius 2 is 1.85 bits per heavy atom. The van der Waals surface area contributed by atoms with Gasteiger partial charge in [0.25, 0.3) is 0 Å². The summed E-state index contributed by atoms with van der Waals surface area (Å²) >= 11 is 0. The van der Waals surface area contributed by atoms with E-state index in [0.29, 0.717) is 12.2 Å². The molecule has 3 N–H and O–H groups in total. The largest absolute Gasteiger partial charge is 0.341 e. The molecule has 6 heteroatoms. The van der Waals surface area contributed by atoms with Crippen molar-refractivity contribution in [3.05, 3.63) is 0 Å². The number of hydrogen-bond donors (Lipinski definition) is 2. The Labute approximate surface area is 123 Å². The zero-order valence-electron chi connectivity index (χ0n) is 13.0. The highest BCUT2D eigenvalue weighted by molar-refractivity contribution is 7.92. The molecule has 1 fully saturated rings. The van der Waals surface area contributed by atoms with E-state index in [4.69, 9.17) is 10.5 Å². The first-order valence-electron chi connectivity index (χ1n) is 7.39. The molecule has 0 saturated carbocycles. The minimum atomic E-state index is -2.62. The van der Waals surface area contributed by atoms with Crippen molar-refractivity contribution < 1.29 is 9.00 Å². The van der Waals surface area contributed by atoms with Gasteiger partial charge in [0, 0.05) is 34.3 Å². The summed E-state index contributed by atoms with van der Waals surface area (Å²) in [6.07, 6.45) is 3.19. The first-order valence-corrected chi connectivity index (χ1v) is 9.29. The number of nitrogens with zero attached hydrogens (tertiary/aromatic N) is 1. The van der Waals surface area contributed by atoms with Gasteiger partial charge in [0.05, 0.1) is 6.04 Å². The number of rotatable bonds is 6. The van der Waals surface area contributed by atoms with E-state index < -0.39 is 15.8 Å². The lowest BCUT2D eigenvalue weighted by Crippen LogP contribution is -2.43. The van der Waals surface area contributed by atoms with E-state index in [9.17, 15) is 9.00 Å². The summed E-state index contributed by atoms with van der Waals surface area (Å²) in [7, 11) is -2.62. The second kappa shape index (κ2) is 6.89. The summed E-state index contributed by atoms with van der Waals surface area (Å²) < 4.78 is 20.1. The molecular formula is C14H29N3O2S. The Kier molecular flexibility index (Phi) is 6.01. The SMILES string of the molecule is CC(C)(C)CCS(=N)(=O)CC[C@H](N)C(=O)N1CCCC1. The summed E-state index contributed by atoms with van der Waals surface area (Å²) in [6, 6.07) is -0.603. The van der Waals surface area contributed by atoms with E-state index in [2.05, 4.69) is 20.8 Å². The predicted molar refractivity (Wildman–Crippen MR) is 83.1 cm³/mol. The molecular weight excluding hydrogens is 274 g/mol. The number of nitrogens with two attached hydrogens (primary N) is 1. The van der Waals surface area contributed by atoms with Gasteiger partial charge in [0.2, 0.25) is 5.91 Å². The maximum atomic E-state index is 12.2. The highest BCUT2D eigenvalue weighted by Crippen LogP contribution is 2.20. The normalized spacial score (nSPS) is 20.7. The van der Waals surface area contributed by atoms with Gasteiger partial charge in [0.1, 0.15) is 0 Å². The molecule has 1 saturated heterocycles. The van der Waals surface area contributed by atoms with Crippen LogP contribution >= 0.6 is 0 Å². The van der Waals surface area contributed by atoms with Crippen LogP contribution in [0.5, 0.6) is 0 Å². The molecule has 0 aromatic heterocycles. The predicted octanol–water partition coefficient (Wildman–Crippen LogP) is 1.81. The van der Waals surface area contributed by atoms with Crippen LogP contribution in [0.3, 0.4) is 0 Å². The van der Waals surface area contributed by atoms with Crippen LogP contribution in [0.15, 0.2) is 0 Å². The van der Waals surface area contributed by atoms with Gasteiger partial charge >= 0.3 is 0 Å². The Morgan fingerprint density at radius 1 is 1.30 bits per heavy atom. The Hall–Kier alpha value is -0.620. The molecule has 0 aromatic rings. The average molecular weight is 303 g/mol. The third-order valence-corrected chi connectivity index (χ3v) is 5.43. The van der Waals surface area contributed by atoms with Gasteiger partial charge < -0.3 is 10.6 Å². The Bertz CT molecular complexity index is 420. The maximum absolute atomic E-state index is 12.2. The fourth-order valence-corrected chi connectivity index (χ4v) is 3.97. The molecule has 1 aliphatic rings. The smallest absolute Gasteiger partial charge is 0.239 e. The number of carbonyl (C=O) groups is 1. The summed E-state index contributed by atoms with van der Waals surface area (Å²) in [5.41, 5.74) is 5.97. The van der Waals surface area contributed by atoms with Crippen molar-refractivity contribution in [3.63, 3.8) is 0 Å². The van der Waals surface area contributed by atoms with Crippen LogP contribution in [0.2, 0.25) is 0 Å². The topological polar surface area (TPSA) is 87.2 Å². The molecule has 1 aliphatic heterocycles. The molecule has 0 aliphatic carbocycles. The van der Waals surface area contributed by atoms with Crippen molar-refractivity contribution >= 4 is 15.6 Å². The lowest BCUT2D eigenvalue weighted by atomic mass is 9.94. The molecule has 20 heavy (non-hydrogen) atoms. The molecule has 1 unspecified atom stereocenters. The number of nitrogens with one attached hydrogen (secondary N) is 1. The van der Waals surface area contributed by atoms with Crippen LogP contribution in [0.1, 0.15) is 46.5 Å². The first kappa shape index (κ1) is 17.4. The van der Waals surface area contributed by atoms with Crippen molar-refractivity contribution in [1.82, 2.24) is 4.90 Å². The van der Waals surface area contributed by atoms with Gasteiger partial charge in [-0.05, 0) is 31.1 Å².